The van der Waals surface area contributed by atoms with Gasteiger partial charge in [-0.1, -0.05) is 6.07 Å². The first-order chi connectivity index (χ1) is 17.3. The van der Waals surface area contributed by atoms with Crippen LogP contribution < -0.4 is 19.5 Å². The summed E-state index contributed by atoms with van der Waals surface area (Å²) < 4.78 is 41.7. The molecular formula is C26H26F2N2O6. The van der Waals surface area contributed by atoms with E-state index in [4.69, 9.17) is 9.47 Å². The van der Waals surface area contributed by atoms with E-state index in [1.807, 2.05) is 0 Å². The first kappa shape index (κ1) is 24.0. The fourth-order valence-corrected chi connectivity index (χ4v) is 4.68. The molecule has 5 rings (SSSR count). The molecule has 2 amide bonds. The van der Waals surface area contributed by atoms with Gasteiger partial charge in [0.05, 0.1) is 6.61 Å². The molecule has 36 heavy (non-hydrogen) atoms. The maximum Gasteiger partial charge on any atom is 0.387 e. The number of benzene rings is 2. The quantitative estimate of drug-likeness (QED) is 0.440. The van der Waals surface area contributed by atoms with Gasteiger partial charge in [-0.2, -0.15) is 8.78 Å². The normalized spacial score (nSPS) is 20.8. The van der Waals surface area contributed by atoms with E-state index in [1.165, 1.54) is 17.9 Å². The van der Waals surface area contributed by atoms with Crippen molar-refractivity contribution in [1.82, 2.24) is 10.2 Å². The summed E-state index contributed by atoms with van der Waals surface area (Å²) in [6.45, 7) is -0.537. The van der Waals surface area contributed by atoms with E-state index >= 15 is 0 Å². The first-order valence-corrected chi connectivity index (χ1v) is 11.9. The number of ether oxygens (including phenoxy) is 3. The van der Waals surface area contributed by atoms with Crippen LogP contribution in [0.5, 0.6) is 17.2 Å². The molecule has 0 aromatic heterocycles. The molecule has 2 aromatic rings. The fraction of sp³-hybridized carbons (Fsp3) is 0.423. The Hall–Kier alpha value is -3.69. The second-order valence-electron chi connectivity index (χ2n) is 9.38. The van der Waals surface area contributed by atoms with E-state index in [9.17, 15) is 23.2 Å². The lowest BCUT2D eigenvalue weighted by atomic mass is 9.96. The zero-order valence-electron chi connectivity index (χ0n) is 19.7. The number of nitrogens with one attached hydrogen (secondary N) is 1. The number of hydrogen-bond donors (Lipinski definition) is 1. The highest BCUT2D eigenvalue weighted by Gasteiger charge is 2.40. The number of nitrogens with zero attached hydrogens (tertiary/aromatic N) is 1. The number of rotatable bonds is 8. The number of hydrogen-bond acceptors (Lipinski definition) is 6. The summed E-state index contributed by atoms with van der Waals surface area (Å²) >= 11 is 0. The number of esters is 1. The molecule has 2 fully saturated rings. The van der Waals surface area contributed by atoms with Crippen LogP contribution >= 0.6 is 0 Å². The van der Waals surface area contributed by atoms with E-state index in [0.717, 1.165) is 24.0 Å². The maximum atomic E-state index is 13.1. The lowest BCUT2D eigenvalue weighted by Crippen LogP contribution is -2.41. The van der Waals surface area contributed by atoms with E-state index in [2.05, 4.69) is 10.1 Å². The Balaban J connectivity index is 1.33. The van der Waals surface area contributed by atoms with Crippen LogP contribution in [-0.4, -0.2) is 48.5 Å². The second-order valence-corrected chi connectivity index (χ2v) is 9.38. The molecule has 8 nitrogen and oxygen atoms in total. The lowest BCUT2D eigenvalue weighted by molar-refractivity contribution is -0.145. The zero-order valence-corrected chi connectivity index (χ0v) is 19.7. The molecule has 1 saturated heterocycles. The van der Waals surface area contributed by atoms with E-state index in [-0.39, 0.29) is 35.8 Å². The van der Waals surface area contributed by atoms with Gasteiger partial charge in [-0.15, -0.1) is 0 Å². The highest BCUT2D eigenvalue weighted by molar-refractivity contribution is 5.98. The highest BCUT2D eigenvalue weighted by Crippen LogP contribution is 2.39. The molecule has 1 N–H and O–H groups in total. The average molecular weight is 500 g/mol. The summed E-state index contributed by atoms with van der Waals surface area (Å²) in [4.78, 5) is 38.6. The van der Waals surface area contributed by atoms with Crippen molar-refractivity contribution >= 4 is 17.8 Å². The molecule has 0 radical (unpaired) electrons. The van der Waals surface area contributed by atoms with Gasteiger partial charge in [-0.3, -0.25) is 9.59 Å². The van der Waals surface area contributed by atoms with Crippen LogP contribution in [0.2, 0.25) is 0 Å². The summed E-state index contributed by atoms with van der Waals surface area (Å²) in [5.74, 6) is -0.352. The minimum Gasteiger partial charge on any atom is -0.489 e. The molecule has 2 aliphatic heterocycles. The molecule has 10 heteroatoms. The van der Waals surface area contributed by atoms with Crippen LogP contribution in [-0.2, 0) is 16.1 Å². The average Bonchev–Trinajstić information content (AvgIpc) is 3.44. The van der Waals surface area contributed by atoms with Gasteiger partial charge in [0, 0.05) is 31.5 Å². The molecule has 0 bridgehead atoms. The molecule has 1 saturated carbocycles. The number of alkyl halides is 2. The van der Waals surface area contributed by atoms with E-state index in [1.54, 1.807) is 30.3 Å². The van der Waals surface area contributed by atoms with Crippen LogP contribution in [0.25, 0.3) is 0 Å². The number of carbonyl (C=O) groups is 3. The summed E-state index contributed by atoms with van der Waals surface area (Å²) in [5, 5.41) is 2.71. The van der Waals surface area contributed by atoms with Crippen LogP contribution in [0.3, 0.4) is 0 Å². The largest absolute Gasteiger partial charge is 0.489 e. The van der Waals surface area contributed by atoms with Gasteiger partial charge < -0.3 is 24.4 Å². The summed E-state index contributed by atoms with van der Waals surface area (Å²) in [6.07, 6.45) is 2.39. The Morgan fingerprint density at radius 2 is 1.94 bits per heavy atom. The van der Waals surface area contributed by atoms with Crippen LogP contribution in [0.1, 0.15) is 53.6 Å². The third-order valence-electron chi connectivity index (χ3n) is 6.78. The molecule has 3 aliphatic rings. The van der Waals surface area contributed by atoms with Gasteiger partial charge in [0.25, 0.3) is 5.91 Å². The topological polar surface area (TPSA) is 94.2 Å². The van der Waals surface area contributed by atoms with E-state index < -0.39 is 18.6 Å². The summed E-state index contributed by atoms with van der Waals surface area (Å²) in [5.41, 5.74) is 2.04. The molecule has 190 valence electrons. The predicted octanol–water partition coefficient (Wildman–Crippen LogP) is 3.63. The van der Waals surface area contributed by atoms with Crippen molar-refractivity contribution in [3.63, 3.8) is 0 Å². The maximum absolute atomic E-state index is 13.1. The van der Waals surface area contributed by atoms with Crippen molar-refractivity contribution in [2.75, 3.05) is 13.2 Å². The van der Waals surface area contributed by atoms with Crippen LogP contribution in [0.15, 0.2) is 36.4 Å². The molecular weight excluding hydrogens is 474 g/mol. The molecule has 2 atom stereocenters. The first-order valence-electron chi connectivity index (χ1n) is 11.9. The smallest absolute Gasteiger partial charge is 0.387 e. The van der Waals surface area contributed by atoms with Gasteiger partial charge in [-0.25, -0.2) is 4.79 Å². The monoisotopic (exact) mass is 500 g/mol. The molecule has 1 aliphatic carbocycles. The SMILES string of the molecule is CC(=O)N1CC(c2ccc(OC(F)F)c(OCC3CC3)c2)C[C@@H]1C(=O)Oc1ccc2c(c1)CNC2=O. The van der Waals surface area contributed by atoms with Crippen molar-refractivity contribution in [3.8, 4) is 17.2 Å². The molecule has 1 unspecified atom stereocenters. The minimum absolute atomic E-state index is 0.0450. The molecule has 0 spiro atoms. The van der Waals surface area contributed by atoms with Crippen LogP contribution in [0.4, 0.5) is 8.78 Å². The lowest BCUT2D eigenvalue weighted by Gasteiger charge is -2.21. The van der Waals surface area contributed by atoms with Gasteiger partial charge in [-0.05, 0) is 66.6 Å². The Labute approximate surface area is 206 Å². The standard InChI is InChI=1S/C26H26F2N2O6/c1-14(31)30-12-18(16-4-7-22(36-26(27)28)23(10-16)34-13-15-2-3-15)9-21(30)25(33)35-19-5-6-20-17(8-19)11-29-24(20)32/h4-8,10,15,18,21,26H,2-3,9,11-13H2,1H3,(H,29,32)/t18?,21-/m1/s1. The summed E-state index contributed by atoms with van der Waals surface area (Å²) in [7, 11) is 0. The Morgan fingerprint density at radius 3 is 2.67 bits per heavy atom. The van der Waals surface area contributed by atoms with Gasteiger partial charge in [0.2, 0.25) is 5.91 Å². The molecule has 2 aromatic carbocycles. The van der Waals surface area contributed by atoms with E-state index in [0.29, 0.717) is 36.8 Å². The third kappa shape index (κ3) is 5.12. The van der Waals surface area contributed by atoms with Gasteiger partial charge in [0.1, 0.15) is 11.8 Å². The predicted molar refractivity (Wildman–Crippen MR) is 123 cm³/mol. The van der Waals surface area contributed by atoms with Crippen molar-refractivity contribution in [2.45, 2.75) is 51.3 Å². The minimum atomic E-state index is -2.98. The number of carbonyl (C=O) groups excluding carboxylic acids is 3. The third-order valence-corrected chi connectivity index (χ3v) is 6.78. The second kappa shape index (κ2) is 9.75. The van der Waals surface area contributed by atoms with Crippen molar-refractivity contribution in [3.05, 3.63) is 53.1 Å². The van der Waals surface area contributed by atoms with Crippen molar-refractivity contribution in [2.24, 2.45) is 5.92 Å². The Morgan fingerprint density at radius 1 is 1.14 bits per heavy atom. The number of fused-ring (bicyclic) bond motifs is 1. The molecule has 2 heterocycles. The van der Waals surface area contributed by atoms with Crippen molar-refractivity contribution < 1.29 is 37.4 Å². The zero-order chi connectivity index (χ0) is 25.4. The van der Waals surface area contributed by atoms with Crippen molar-refractivity contribution in [1.29, 1.82) is 0 Å². The Kier molecular flexibility index (Phi) is 6.51. The number of amides is 2. The number of halogens is 2. The number of likely N-dealkylation sites (tertiary alicyclic amines) is 1. The van der Waals surface area contributed by atoms with Gasteiger partial charge in [0.15, 0.2) is 11.5 Å². The van der Waals surface area contributed by atoms with Gasteiger partial charge >= 0.3 is 12.6 Å². The Bertz CT molecular complexity index is 1200. The highest BCUT2D eigenvalue weighted by atomic mass is 19.3. The van der Waals surface area contributed by atoms with Crippen LogP contribution in [0, 0.1) is 5.92 Å². The summed E-state index contributed by atoms with van der Waals surface area (Å²) in [6, 6.07) is 8.73. The fourth-order valence-electron chi connectivity index (χ4n) is 4.68.